The molecule has 0 aliphatic rings. The van der Waals surface area contributed by atoms with E-state index < -0.39 is 11.6 Å². The van der Waals surface area contributed by atoms with Crippen LogP contribution in [0.5, 0.6) is 5.75 Å². The van der Waals surface area contributed by atoms with Crippen molar-refractivity contribution in [2.75, 3.05) is 14.2 Å². The number of rotatable bonds is 4. The maximum atomic E-state index is 13.8. The number of benzene rings is 2. The highest BCUT2D eigenvalue weighted by Crippen LogP contribution is 2.27. The topological polar surface area (TPSA) is 21.3 Å². The van der Waals surface area contributed by atoms with Crippen molar-refractivity contribution in [2.24, 2.45) is 0 Å². The van der Waals surface area contributed by atoms with Crippen LogP contribution in [0.25, 0.3) is 0 Å². The third-order valence-corrected chi connectivity index (χ3v) is 2.99. The van der Waals surface area contributed by atoms with Crippen LogP contribution < -0.4 is 10.1 Å². The fourth-order valence-corrected chi connectivity index (χ4v) is 2.06. The third kappa shape index (κ3) is 2.90. The Hall–Kier alpha value is -1.94. The number of methoxy groups -OCH3 is 1. The Bertz CT molecular complexity index is 572. The van der Waals surface area contributed by atoms with Gasteiger partial charge in [-0.05, 0) is 30.8 Å². The van der Waals surface area contributed by atoms with Crippen molar-refractivity contribution >= 4 is 0 Å². The summed E-state index contributed by atoms with van der Waals surface area (Å²) in [6.45, 7) is 0. The van der Waals surface area contributed by atoms with Crippen LogP contribution in [0.1, 0.15) is 17.2 Å². The molecule has 0 aromatic heterocycles. The van der Waals surface area contributed by atoms with Gasteiger partial charge in [-0.15, -0.1) is 0 Å². The fraction of sp³-hybridized carbons (Fsp3) is 0.200. The first-order chi connectivity index (χ1) is 9.15. The van der Waals surface area contributed by atoms with Crippen molar-refractivity contribution < 1.29 is 13.5 Å². The second-order valence-corrected chi connectivity index (χ2v) is 4.16. The lowest BCUT2D eigenvalue weighted by molar-refractivity contribution is 0.413. The van der Waals surface area contributed by atoms with E-state index >= 15 is 0 Å². The zero-order valence-corrected chi connectivity index (χ0v) is 10.8. The molecule has 0 aliphatic heterocycles. The monoisotopic (exact) mass is 263 g/mol. The number of nitrogens with one attached hydrogen (secondary N) is 1. The molecular formula is C15H15F2NO. The predicted molar refractivity (Wildman–Crippen MR) is 70.3 cm³/mol. The second-order valence-electron chi connectivity index (χ2n) is 4.16. The lowest BCUT2D eigenvalue weighted by atomic mass is 9.98. The standard InChI is InChI=1S/C15H15F2NO/c1-18-15(10-4-3-5-12(8-10)19-2)13-7-6-11(16)9-14(13)17/h3-9,15,18H,1-2H3. The highest BCUT2D eigenvalue weighted by Gasteiger charge is 2.17. The molecule has 4 heteroatoms. The Labute approximate surface area is 111 Å². The second kappa shape index (κ2) is 5.80. The summed E-state index contributed by atoms with van der Waals surface area (Å²) >= 11 is 0. The molecule has 0 saturated heterocycles. The first-order valence-electron chi connectivity index (χ1n) is 5.92. The minimum absolute atomic E-state index is 0.351. The Morgan fingerprint density at radius 2 is 1.89 bits per heavy atom. The molecule has 0 heterocycles. The van der Waals surface area contributed by atoms with Crippen LogP contribution in [-0.4, -0.2) is 14.2 Å². The van der Waals surface area contributed by atoms with Gasteiger partial charge in [0, 0.05) is 11.6 Å². The smallest absolute Gasteiger partial charge is 0.131 e. The Morgan fingerprint density at radius 1 is 1.11 bits per heavy atom. The van der Waals surface area contributed by atoms with Gasteiger partial charge in [0.05, 0.1) is 13.2 Å². The largest absolute Gasteiger partial charge is 0.497 e. The third-order valence-electron chi connectivity index (χ3n) is 2.99. The zero-order chi connectivity index (χ0) is 13.8. The van der Waals surface area contributed by atoms with Crippen molar-refractivity contribution in [3.8, 4) is 5.75 Å². The molecule has 1 unspecified atom stereocenters. The SMILES string of the molecule is CNC(c1cccc(OC)c1)c1ccc(F)cc1F. The molecule has 0 saturated carbocycles. The van der Waals surface area contributed by atoms with Crippen molar-refractivity contribution in [1.29, 1.82) is 0 Å². The first kappa shape index (κ1) is 13.5. The number of halogens is 2. The van der Waals surface area contributed by atoms with E-state index in [1.165, 1.54) is 12.1 Å². The summed E-state index contributed by atoms with van der Waals surface area (Å²) in [6, 6.07) is 10.6. The van der Waals surface area contributed by atoms with Crippen LogP contribution in [-0.2, 0) is 0 Å². The minimum Gasteiger partial charge on any atom is -0.497 e. The maximum absolute atomic E-state index is 13.8. The van der Waals surface area contributed by atoms with Crippen molar-refractivity contribution in [3.05, 3.63) is 65.2 Å². The van der Waals surface area contributed by atoms with Crippen molar-refractivity contribution in [2.45, 2.75) is 6.04 Å². The average molecular weight is 263 g/mol. The van der Waals surface area contributed by atoms with Crippen LogP contribution in [0.2, 0.25) is 0 Å². The van der Waals surface area contributed by atoms with E-state index in [1.54, 1.807) is 14.2 Å². The van der Waals surface area contributed by atoms with Crippen LogP contribution in [0.4, 0.5) is 8.78 Å². The van der Waals surface area contributed by atoms with E-state index in [4.69, 9.17) is 4.74 Å². The summed E-state index contributed by atoms with van der Waals surface area (Å²) in [6.07, 6.45) is 0. The number of hydrogen-bond donors (Lipinski definition) is 1. The van der Waals surface area contributed by atoms with Gasteiger partial charge in [0.25, 0.3) is 0 Å². The van der Waals surface area contributed by atoms with E-state index in [1.807, 2.05) is 24.3 Å². The van der Waals surface area contributed by atoms with E-state index in [2.05, 4.69) is 5.32 Å². The van der Waals surface area contributed by atoms with Crippen LogP contribution in [0, 0.1) is 11.6 Å². The lowest BCUT2D eigenvalue weighted by Crippen LogP contribution is -2.19. The summed E-state index contributed by atoms with van der Waals surface area (Å²) < 4.78 is 32.0. The molecule has 2 nitrogen and oxygen atoms in total. The molecule has 2 rings (SSSR count). The van der Waals surface area contributed by atoms with Crippen LogP contribution in [0.15, 0.2) is 42.5 Å². The average Bonchev–Trinajstić information content (AvgIpc) is 2.42. The van der Waals surface area contributed by atoms with Gasteiger partial charge < -0.3 is 10.1 Å². The quantitative estimate of drug-likeness (QED) is 0.914. The summed E-state index contributed by atoms with van der Waals surface area (Å²) in [5.74, 6) is -0.454. The normalized spacial score (nSPS) is 12.2. The summed E-state index contributed by atoms with van der Waals surface area (Å²) in [5, 5.41) is 3.03. The zero-order valence-electron chi connectivity index (χ0n) is 10.8. The summed E-state index contributed by atoms with van der Waals surface area (Å²) in [5.41, 5.74) is 1.25. The van der Waals surface area contributed by atoms with Gasteiger partial charge in [-0.3, -0.25) is 0 Å². The molecule has 19 heavy (non-hydrogen) atoms. The lowest BCUT2D eigenvalue weighted by Gasteiger charge is -2.18. The number of ether oxygens (including phenoxy) is 1. The Kier molecular flexibility index (Phi) is 4.12. The van der Waals surface area contributed by atoms with E-state index in [0.717, 1.165) is 11.6 Å². The molecule has 0 radical (unpaired) electrons. The molecule has 0 amide bonds. The van der Waals surface area contributed by atoms with E-state index in [9.17, 15) is 8.78 Å². The highest BCUT2D eigenvalue weighted by molar-refractivity contribution is 5.37. The number of hydrogen-bond acceptors (Lipinski definition) is 2. The van der Waals surface area contributed by atoms with Gasteiger partial charge in [0.1, 0.15) is 17.4 Å². The van der Waals surface area contributed by atoms with Gasteiger partial charge in [-0.2, -0.15) is 0 Å². The maximum Gasteiger partial charge on any atom is 0.131 e. The first-order valence-corrected chi connectivity index (χ1v) is 5.92. The molecule has 0 fully saturated rings. The molecule has 2 aromatic carbocycles. The van der Waals surface area contributed by atoms with Gasteiger partial charge >= 0.3 is 0 Å². The van der Waals surface area contributed by atoms with Crippen LogP contribution in [0.3, 0.4) is 0 Å². The summed E-state index contributed by atoms with van der Waals surface area (Å²) in [7, 11) is 3.30. The Balaban J connectivity index is 2.43. The Morgan fingerprint density at radius 3 is 2.53 bits per heavy atom. The molecule has 1 N–H and O–H groups in total. The fourth-order valence-electron chi connectivity index (χ4n) is 2.06. The van der Waals surface area contributed by atoms with E-state index in [0.29, 0.717) is 11.3 Å². The predicted octanol–water partition coefficient (Wildman–Crippen LogP) is 3.28. The van der Waals surface area contributed by atoms with Gasteiger partial charge in [0.15, 0.2) is 0 Å². The molecular weight excluding hydrogens is 248 g/mol. The van der Waals surface area contributed by atoms with Gasteiger partial charge in [-0.1, -0.05) is 18.2 Å². The van der Waals surface area contributed by atoms with E-state index in [-0.39, 0.29) is 6.04 Å². The van der Waals surface area contributed by atoms with Crippen molar-refractivity contribution in [1.82, 2.24) is 5.32 Å². The highest BCUT2D eigenvalue weighted by atomic mass is 19.1. The molecule has 1 atom stereocenters. The summed E-state index contributed by atoms with van der Waals surface area (Å²) in [4.78, 5) is 0. The van der Waals surface area contributed by atoms with Gasteiger partial charge in [0.2, 0.25) is 0 Å². The van der Waals surface area contributed by atoms with Gasteiger partial charge in [-0.25, -0.2) is 8.78 Å². The minimum atomic E-state index is -0.582. The molecule has 100 valence electrons. The molecule has 0 bridgehead atoms. The van der Waals surface area contributed by atoms with Crippen molar-refractivity contribution in [3.63, 3.8) is 0 Å². The van der Waals surface area contributed by atoms with Crippen LogP contribution >= 0.6 is 0 Å². The molecule has 2 aromatic rings. The molecule has 0 aliphatic carbocycles. The molecule has 0 spiro atoms.